The van der Waals surface area contributed by atoms with E-state index < -0.39 is 32.5 Å². The molecule has 0 fully saturated rings. The van der Waals surface area contributed by atoms with E-state index in [1.165, 1.54) is 24.3 Å². The highest BCUT2D eigenvalue weighted by Crippen LogP contribution is 2.26. The summed E-state index contributed by atoms with van der Waals surface area (Å²) in [6.45, 7) is 4.94. The first-order valence-electron chi connectivity index (χ1n) is 10.5. The molecule has 0 aromatic heterocycles. The van der Waals surface area contributed by atoms with Gasteiger partial charge in [0.2, 0.25) is 15.9 Å². The molecule has 0 aliphatic carbocycles. The van der Waals surface area contributed by atoms with Gasteiger partial charge in [0.1, 0.15) is 6.54 Å². The molecule has 0 aliphatic rings. The Bertz CT molecular complexity index is 1470. The molecule has 3 rings (SSSR count). The van der Waals surface area contributed by atoms with Crippen molar-refractivity contribution >= 4 is 54.6 Å². The van der Waals surface area contributed by atoms with Crippen molar-refractivity contribution in [3.8, 4) is 0 Å². The molecule has 1 amide bonds. The number of sulfonamides is 2. The number of aryl methyl sites for hydroxylation is 2. The lowest BCUT2D eigenvalue weighted by Crippen LogP contribution is -2.37. The average molecular weight is 536 g/mol. The van der Waals surface area contributed by atoms with Crippen molar-refractivity contribution in [2.45, 2.75) is 25.7 Å². The molecule has 8 nitrogen and oxygen atoms in total. The summed E-state index contributed by atoms with van der Waals surface area (Å²) in [7, 11) is -7.62. The second-order valence-electron chi connectivity index (χ2n) is 8.15. The fourth-order valence-electron chi connectivity index (χ4n) is 3.44. The monoisotopic (exact) mass is 535 g/mol. The van der Waals surface area contributed by atoms with Gasteiger partial charge in [0.25, 0.3) is 10.0 Å². The van der Waals surface area contributed by atoms with Gasteiger partial charge in [0, 0.05) is 10.7 Å². The number of halogens is 1. The van der Waals surface area contributed by atoms with Crippen LogP contribution in [0.2, 0.25) is 5.02 Å². The Kier molecular flexibility index (Phi) is 7.78. The van der Waals surface area contributed by atoms with E-state index in [9.17, 15) is 21.6 Å². The van der Waals surface area contributed by atoms with Crippen molar-refractivity contribution in [1.29, 1.82) is 0 Å². The van der Waals surface area contributed by atoms with Crippen molar-refractivity contribution in [3.63, 3.8) is 0 Å². The number of anilines is 3. The van der Waals surface area contributed by atoms with E-state index in [0.29, 0.717) is 27.6 Å². The van der Waals surface area contributed by atoms with Crippen LogP contribution in [0.25, 0.3) is 0 Å². The lowest BCUT2D eigenvalue weighted by molar-refractivity contribution is -0.114. The van der Waals surface area contributed by atoms with Crippen molar-refractivity contribution in [2.75, 3.05) is 27.1 Å². The van der Waals surface area contributed by atoms with Gasteiger partial charge in [-0.3, -0.25) is 13.8 Å². The van der Waals surface area contributed by atoms with Crippen LogP contribution in [0.4, 0.5) is 17.1 Å². The Labute approximate surface area is 211 Å². The van der Waals surface area contributed by atoms with E-state index in [1.807, 2.05) is 13.0 Å². The first-order valence-corrected chi connectivity index (χ1v) is 14.2. The summed E-state index contributed by atoms with van der Waals surface area (Å²) in [5, 5.41) is 3.05. The number of carbonyl (C=O) groups is 1. The van der Waals surface area contributed by atoms with Crippen LogP contribution in [0.15, 0.2) is 65.6 Å². The minimum atomic E-state index is -3.89. The Hall–Kier alpha value is -3.08. The Morgan fingerprint density at radius 3 is 2.20 bits per heavy atom. The Morgan fingerprint density at radius 2 is 1.60 bits per heavy atom. The van der Waals surface area contributed by atoms with E-state index in [1.54, 1.807) is 44.2 Å². The summed E-state index contributed by atoms with van der Waals surface area (Å²) < 4.78 is 53.8. The maximum absolute atomic E-state index is 12.8. The molecule has 11 heteroatoms. The first kappa shape index (κ1) is 26.5. The fourth-order valence-corrected chi connectivity index (χ4v) is 5.65. The van der Waals surface area contributed by atoms with Gasteiger partial charge >= 0.3 is 0 Å². The average Bonchev–Trinajstić information content (AvgIpc) is 2.75. The number of hydrogen-bond acceptors (Lipinski definition) is 5. The molecular formula is C24H26ClN3O5S2. The molecule has 3 aromatic carbocycles. The molecule has 186 valence electrons. The zero-order chi connectivity index (χ0) is 26.0. The number of amides is 1. The standard InChI is InChI=1S/C24H26ClN3O5S2/c1-16-8-13-23(17(2)14-16)28(34(4,30)31)15-24(29)26-19-9-11-20(12-10-19)35(32,33)27-22-7-5-6-21(25)18(22)3/h5-14,27H,15H2,1-4H3,(H,26,29). The first-order chi connectivity index (χ1) is 16.3. The molecule has 0 spiro atoms. The minimum absolute atomic E-state index is 0.0112. The van der Waals surface area contributed by atoms with Gasteiger partial charge in [-0.1, -0.05) is 35.4 Å². The van der Waals surface area contributed by atoms with Crippen LogP contribution in [0.5, 0.6) is 0 Å². The lowest BCUT2D eigenvalue weighted by Gasteiger charge is -2.24. The maximum atomic E-state index is 12.8. The second-order valence-corrected chi connectivity index (χ2v) is 12.1. The van der Waals surface area contributed by atoms with E-state index in [2.05, 4.69) is 10.0 Å². The third kappa shape index (κ3) is 6.53. The molecular weight excluding hydrogens is 510 g/mol. The molecule has 3 aromatic rings. The normalized spacial score (nSPS) is 11.7. The van der Waals surface area contributed by atoms with Gasteiger partial charge in [-0.15, -0.1) is 0 Å². The van der Waals surface area contributed by atoms with Crippen LogP contribution in [-0.4, -0.2) is 35.5 Å². The van der Waals surface area contributed by atoms with Crippen LogP contribution in [0.3, 0.4) is 0 Å². The topological polar surface area (TPSA) is 113 Å². The number of hydrogen-bond donors (Lipinski definition) is 2. The Morgan fingerprint density at radius 1 is 0.943 bits per heavy atom. The van der Waals surface area contributed by atoms with Gasteiger partial charge in [-0.05, 0) is 74.4 Å². The minimum Gasteiger partial charge on any atom is -0.325 e. The van der Waals surface area contributed by atoms with Gasteiger partial charge in [-0.2, -0.15) is 0 Å². The van der Waals surface area contributed by atoms with Crippen LogP contribution in [-0.2, 0) is 24.8 Å². The summed E-state index contributed by atoms with van der Waals surface area (Å²) >= 11 is 6.06. The molecule has 0 bridgehead atoms. The van der Waals surface area contributed by atoms with Gasteiger partial charge < -0.3 is 5.32 Å². The second kappa shape index (κ2) is 10.3. The van der Waals surface area contributed by atoms with E-state index in [-0.39, 0.29) is 4.90 Å². The third-order valence-electron chi connectivity index (χ3n) is 5.27. The fraction of sp³-hybridized carbons (Fsp3) is 0.208. The van der Waals surface area contributed by atoms with Gasteiger partial charge in [0.15, 0.2) is 0 Å². The van der Waals surface area contributed by atoms with Crippen LogP contribution in [0.1, 0.15) is 16.7 Å². The number of nitrogens with zero attached hydrogens (tertiary/aromatic N) is 1. The molecule has 0 heterocycles. The number of rotatable bonds is 8. The summed E-state index contributed by atoms with van der Waals surface area (Å²) in [4.78, 5) is 12.6. The molecule has 0 radical (unpaired) electrons. The van der Waals surface area contributed by atoms with E-state index >= 15 is 0 Å². The van der Waals surface area contributed by atoms with Crippen LogP contribution in [0, 0.1) is 20.8 Å². The maximum Gasteiger partial charge on any atom is 0.261 e. The molecule has 0 saturated carbocycles. The van der Waals surface area contributed by atoms with Gasteiger partial charge in [0.05, 0.1) is 22.5 Å². The van der Waals surface area contributed by atoms with Crippen molar-refractivity contribution < 1.29 is 21.6 Å². The smallest absolute Gasteiger partial charge is 0.261 e. The van der Waals surface area contributed by atoms with E-state index in [0.717, 1.165) is 21.7 Å². The summed E-state index contributed by atoms with van der Waals surface area (Å²) in [6.07, 6.45) is 1.04. The molecule has 0 atom stereocenters. The quantitative estimate of drug-likeness (QED) is 0.442. The third-order valence-corrected chi connectivity index (χ3v) is 8.19. The molecule has 2 N–H and O–H groups in total. The molecule has 0 saturated heterocycles. The predicted molar refractivity (Wildman–Crippen MR) is 140 cm³/mol. The van der Waals surface area contributed by atoms with E-state index in [4.69, 9.17) is 11.6 Å². The summed E-state index contributed by atoms with van der Waals surface area (Å²) in [5.41, 5.74) is 3.39. The Balaban J connectivity index is 1.75. The van der Waals surface area contributed by atoms with Gasteiger partial charge in [-0.25, -0.2) is 16.8 Å². The highest BCUT2D eigenvalue weighted by atomic mass is 35.5. The van der Waals surface area contributed by atoms with Crippen molar-refractivity contribution in [1.82, 2.24) is 0 Å². The lowest BCUT2D eigenvalue weighted by atomic mass is 10.1. The zero-order valence-electron chi connectivity index (χ0n) is 19.7. The number of carbonyl (C=O) groups excluding carboxylic acids is 1. The van der Waals surface area contributed by atoms with Crippen molar-refractivity contribution in [2.24, 2.45) is 0 Å². The largest absolute Gasteiger partial charge is 0.325 e. The number of nitrogens with one attached hydrogen (secondary N) is 2. The highest BCUT2D eigenvalue weighted by Gasteiger charge is 2.23. The predicted octanol–water partition coefficient (Wildman–Crippen LogP) is 4.47. The summed E-state index contributed by atoms with van der Waals surface area (Å²) in [5.74, 6) is -0.571. The SMILES string of the molecule is Cc1ccc(N(CC(=O)Nc2ccc(S(=O)(=O)Nc3cccc(Cl)c3C)cc2)S(C)(=O)=O)c(C)c1. The highest BCUT2D eigenvalue weighted by molar-refractivity contribution is 7.92. The van der Waals surface area contributed by atoms with Crippen LogP contribution >= 0.6 is 11.6 Å². The summed E-state index contributed by atoms with van der Waals surface area (Å²) in [6, 6.07) is 15.7. The van der Waals surface area contributed by atoms with Crippen LogP contribution < -0.4 is 14.3 Å². The molecule has 0 unspecified atom stereocenters. The molecule has 0 aliphatic heterocycles. The molecule has 35 heavy (non-hydrogen) atoms. The number of benzene rings is 3. The van der Waals surface area contributed by atoms with Crippen molar-refractivity contribution in [3.05, 3.63) is 82.4 Å². The zero-order valence-corrected chi connectivity index (χ0v) is 22.1.